The van der Waals surface area contributed by atoms with Gasteiger partial charge in [-0.3, -0.25) is 9.29 Å². The van der Waals surface area contributed by atoms with Crippen LogP contribution < -0.4 is 0 Å². The summed E-state index contributed by atoms with van der Waals surface area (Å²) in [6.45, 7) is 6.38. The van der Waals surface area contributed by atoms with Crippen LogP contribution in [-0.4, -0.2) is 29.8 Å². The number of rotatable bonds is 3. The topological polar surface area (TPSA) is 29.3 Å². The van der Waals surface area contributed by atoms with Crippen LogP contribution in [0.4, 0.5) is 4.39 Å². The van der Waals surface area contributed by atoms with Gasteiger partial charge in [0.1, 0.15) is 5.76 Å². The van der Waals surface area contributed by atoms with Crippen LogP contribution in [0.25, 0.3) is 0 Å². The van der Waals surface area contributed by atoms with Gasteiger partial charge >= 0.3 is 0 Å². The number of aromatic nitrogens is 1. The SMILES string of the molecule is Cc1noc(C)c1CN1CCC(CF)C1. The van der Waals surface area contributed by atoms with E-state index in [4.69, 9.17) is 4.52 Å². The van der Waals surface area contributed by atoms with Gasteiger partial charge in [0.25, 0.3) is 0 Å². The lowest BCUT2D eigenvalue weighted by Gasteiger charge is -2.14. The van der Waals surface area contributed by atoms with Crippen LogP contribution in [0.3, 0.4) is 0 Å². The first kappa shape index (κ1) is 10.6. The molecular weight excluding hydrogens is 195 g/mol. The van der Waals surface area contributed by atoms with Gasteiger partial charge in [-0.05, 0) is 26.8 Å². The second-order valence-corrected chi connectivity index (χ2v) is 4.35. The maximum absolute atomic E-state index is 12.5. The molecule has 4 heteroatoms. The summed E-state index contributed by atoms with van der Waals surface area (Å²) in [6.07, 6.45) is 0.972. The van der Waals surface area contributed by atoms with Gasteiger partial charge in [0.15, 0.2) is 0 Å². The number of nitrogens with zero attached hydrogens (tertiary/aromatic N) is 2. The molecule has 1 aromatic rings. The summed E-state index contributed by atoms with van der Waals surface area (Å²) in [6, 6.07) is 0. The second-order valence-electron chi connectivity index (χ2n) is 4.35. The highest BCUT2D eigenvalue weighted by molar-refractivity contribution is 5.20. The average molecular weight is 212 g/mol. The Bertz CT molecular complexity index is 318. The van der Waals surface area contributed by atoms with E-state index in [1.54, 1.807) is 0 Å². The van der Waals surface area contributed by atoms with Crippen molar-refractivity contribution in [3.8, 4) is 0 Å². The van der Waals surface area contributed by atoms with Crippen molar-refractivity contribution in [3.05, 3.63) is 17.0 Å². The molecule has 0 aliphatic carbocycles. The normalized spacial score (nSPS) is 22.5. The van der Waals surface area contributed by atoms with E-state index in [0.717, 1.165) is 43.1 Å². The van der Waals surface area contributed by atoms with Crippen molar-refractivity contribution in [1.82, 2.24) is 10.1 Å². The molecule has 0 N–H and O–H groups in total. The molecule has 1 atom stereocenters. The molecule has 3 nitrogen and oxygen atoms in total. The Hall–Kier alpha value is -0.900. The highest BCUT2D eigenvalue weighted by Crippen LogP contribution is 2.21. The van der Waals surface area contributed by atoms with Crippen LogP contribution in [0.1, 0.15) is 23.4 Å². The molecule has 0 spiro atoms. The summed E-state index contributed by atoms with van der Waals surface area (Å²) in [7, 11) is 0. The lowest BCUT2D eigenvalue weighted by Crippen LogP contribution is -2.21. The average Bonchev–Trinajstić information content (AvgIpc) is 2.80. The van der Waals surface area contributed by atoms with Crippen LogP contribution in [0.15, 0.2) is 4.52 Å². The molecule has 15 heavy (non-hydrogen) atoms. The van der Waals surface area contributed by atoms with Gasteiger partial charge in [-0.2, -0.15) is 0 Å². The number of halogens is 1. The van der Waals surface area contributed by atoms with E-state index >= 15 is 0 Å². The molecule has 1 saturated heterocycles. The first-order chi connectivity index (χ1) is 7.20. The van der Waals surface area contributed by atoms with E-state index in [1.165, 1.54) is 0 Å². The Morgan fingerprint density at radius 1 is 1.53 bits per heavy atom. The fourth-order valence-electron chi connectivity index (χ4n) is 2.13. The molecule has 0 aromatic carbocycles. The van der Waals surface area contributed by atoms with Gasteiger partial charge in [-0.25, -0.2) is 0 Å². The van der Waals surface area contributed by atoms with Crippen molar-refractivity contribution < 1.29 is 8.91 Å². The molecule has 0 saturated carbocycles. The predicted octanol–water partition coefficient (Wildman–Crippen LogP) is 2.08. The molecule has 84 valence electrons. The maximum Gasteiger partial charge on any atom is 0.138 e. The molecule has 0 bridgehead atoms. The van der Waals surface area contributed by atoms with Crippen molar-refractivity contribution in [2.75, 3.05) is 19.8 Å². The predicted molar refractivity (Wildman–Crippen MR) is 55.3 cm³/mol. The quantitative estimate of drug-likeness (QED) is 0.768. The molecule has 1 aliphatic rings. The third kappa shape index (κ3) is 2.20. The maximum atomic E-state index is 12.5. The van der Waals surface area contributed by atoms with E-state index < -0.39 is 0 Å². The number of aryl methyl sites for hydroxylation is 2. The van der Waals surface area contributed by atoms with Gasteiger partial charge in [-0.1, -0.05) is 5.16 Å². The zero-order valence-electron chi connectivity index (χ0n) is 9.29. The zero-order chi connectivity index (χ0) is 10.8. The van der Waals surface area contributed by atoms with Crippen molar-refractivity contribution in [2.45, 2.75) is 26.8 Å². The minimum atomic E-state index is -0.196. The van der Waals surface area contributed by atoms with Crippen LogP contribution in [0.2, 0.25) is 0 Å². The molecule has 1 aromatic heterocycles. The Morgan fingerprint density at radius 2 is 2.33 bits per heavy atom. The Labute approximate surface area is 89.2 Å². The monoisotopic (exact) mass is 212 g/mol. The largest absolute Gasteiger partial charge is 0.361 e. The minimum absolute atomic E-state index is 0.196. The molecular formula is C11H17FN2O. The fourth-order valence-corrected chi connectivity index (χ4v) is 2.13. The van der Waals surface area contributed by atoms with E-state index in [-0.39, 0.29) is 12.6 Å². The third-order valence-electron chi connectivity index (χ3n) is 3.15. The van der Waals surface area contributed by atoms with Crippen molar-refractivity contribution in [2.24, 2.45) is 5.92 Å². The number of alkyl halides is 1. The van der Waals surface area contributed by atoms with Gasteiger partial charge in [0.2, 0.25) is 0 Å². The van der Waals surface area contributed by atoms with Crippen molar-refractivity contribution >= 4 is 0 Å². The molecule has 1 fully saturated rings. The van der Waals surface area contributed by atoms with E-state index in [9.17, 15) is 4.39 Å². The molecule has 0 radical (unpaired) electrons. The Kier molecular flexibility index (Phi) is 3.05. The lowest BCUT2D eigenvalue weighted by molar-refractivity contribution is 0.294. The summed E-state index contributed by atoms with van der Waals surface area (Å²) in [4.78, 5) is 2.27. The van der Waals surface area contributed by atoms with Crippen molar-refractivity contribution in [1.29, 1.82) is 0 Å². The Balaban J connectivity index is 1.98. The highest BCUT2D eigenvalue weighted by Gasteiger charge is 2.23. The van der Waals surface area contributed by atoms with E-state index in [1.807, 2.05) is 13.8 Å². The summed E-state index contributed by atoms with van der Waals surface area (Å²) < 4.78 is 17.6. The van der Waals surface area contributed by atoms with Gasteiger partial charge in [0, 0.05) is 24.6 Å². The standard InChI is InChI=1S/C11H17FN2O/c1-8-11(9(2)15-13-8)7-14-4-3-10(5-12)6-14/h10H,3-7H2,1-2H3. The van der Waals surface area contributed by atoms with Gasteiger partial charge in [0.05, 0.1) is 12.4 Å². The van der Waals surface area contributed by atoms with Crippen LogP contribution in [0.5, 0.6) is 0 Å². The smallest absolute Gasteiger partial charge is 0.138 e. The summed E-state index contributed by atoms with van der Waals surface area (Å²) in [5.41, 5.74) is 2.12. The lowest BCUT2D eigenvalue weighted by atomic mass is 10.1. The number of likely N-dealkylation sites (tertiary alicyclic amines) is 1. The summed E-state index contributed by atoms with van der Waals surface area (Å²) >= 11 is 0. The second kappa shape index (κ2) is 4.31. The van der Waals surface area contributed by atoms with Crippen molar-refractivity contribution in [3.63, 3.8) is 0 Å². The number of hydrogen-bond acceptors (Lipinski definition) is 3. The summed E-state index contributed by atoms with van der Waals surface area (Å²) in [5.74, 6) is 1.11. The molecule has 2 rings (SSSR count). The zero-order valence-corrected chi connectivity index (χ0v) is 9.29. The molecule has 0 amide bonds. The van der Waals surface area contributed by atoms with Crippen LogP contribution >= 0.6 is 0 Å². The van der Waals surface area contributed by atoms with Gasteiger partial charge < -0.3 is 4.52 Å². The molecule has 1 unspecified atom stereocenters. The number of hydrogen-bond donors (Lipinski definition) is 0. The fraction of sp³-hybridized carbons (Fsp3) is 0.727. The first-order valence-corrected chi connectivity index (χ1v) is 5.40. The molecule has 2 heterocycles. The van der Waals surface area contributed by atoms with Crippen LogP contribution in [-0.2, 0) is 6.54 Å². The third-order valence-corrected chi connectivity index (χ3v) is 3.15. The summed E-state index contributed by atoms with van der Waals surface area (Å²) in [5, 5.41) is 3.92. The van der Waals surface area contributed by atoms with E-state index in [0.29, 0.717) is 0 Å². The van der Waals surface area contributed by atoms with E-state index in [2.05, 4.69) is 10.1 Å². The Morgan fingerprint density at radius 3 is 2.87 bits per heavy atom. The first-order valence-electron chi connectivity index (χ1n) is 5.40. The minimum Gasteiger partial charge on any atom is -0.361 e. The van der Waals surface area contributed by atoms with Crippen LogP contribution in [0, 0.1) is 19.8 Å². The van der Waals surface area contributed by atoms with Gasteiger partial charge in [-0.15, -0.1) is 0 Å². The highest BCUT2D eigenvalue weighted by atomic mass is 19.1. The molecule has 1 aliphatic heterocycles.